The summed E-state index contributed by atoms with van der Waals surface area (Å²) in [7, 11) is 3.75. The molecule has 0 bridgehead atoms. The third kappa shape index (κ3) is 2.93. The van der Waals surface area contributed by atoms with Gasteiger partial charge in [-0.25, -0.2) is 0 Å². The van der Waals surface area contributed by atoms with Crippen LogP contribution in [0.2, 0.25) is 0 Å². The van der Waals surface area contributed by atoms with Crippen molar-refractivity contribution in [3.8, 4) is 5.75 Å². The molecule has 0 aliphatic carbocycles. The molecule has 0 aliphatic rings. The Morgan fingerprint density at radius 1 is 1.22 bits per heavy atom. The van der Waals surface area contributed by atoms with Crippen LogP contribution in [0, 0.1) is 0 Å². The molecule has 0 amide bonds. The molecular weight excluding hydrogens is 224 g/mol. The molecule has 1 atom stereocenters. The Morgan fingerprint density at radius 2 is 1.94 bits per heavy atom. The number of rotatable bonds is 5. The van der Waals surface area contributed by atoms with Gasteiger partial charge in [0.05, 0.1) is 7.11 Å². The molecule has 0 radical (unpaired) electrons. The minimum absolute atomic E-state index is 0.325. The second-order valence-corrected chi connectivity index (χ2v) is 4.49. The number of aromatic nitrogens is 1. The van der Waals surface area contributed by atoms with Gasteiger partial charge in [-0.15, -0.1) is 0 Å². The highest BCUT2D eigenvalue weighted by molar-refractivity contribution is 5.28. The van der Waals surface area contributed by atoms with Crippen molar-refractivity contribution in [1.82, 2.24) is 9.88 Å². The fourth-order valence-corrected chi connectivity index (χ4v) is 1.95. The fourth-order valence-electron chi connectivity index (χ4n) is 1.95. The SMILES string of the molecule is COc1ccc(C(C)NCc2cccn2C)cc1. The van der Waals surface area contributed by atoms with Crippen LogP contribution in [0.15, 0.2) is 42.6 Å². The lowest BCUT2D eigenvalue weighted by Crippen LogP contribution is -2.19. The zero-order valence-electron chi connectivity index (χ0n) is 11.2. The summed E-state index contributed by atoms with van der Waals surface area (Å²) in [6.45, 7) is 3.04. The highest BCUT2D eigenvalue weighted by atomic mass is 16.5. The Labute approximate surface area is 108 Å². The average molecular weight is 244 g/mol. The number of nitrogens with one attached hydrogen (secondary N) is 1. The molecule has 2 aromatic rings. The number of aryl methyl sites for hydroxylation is 1. The van der Waals surface area contributed by atoms with Gasteiger partial charge in [-0.05, 0) is 36.8 Å². The number of hydrogen-bond acceptors (Lipinski definition) is 2. The van der Waals surface area contributed by atoms with Crippen molar-refractivity contribution >= 4 is 0 Å². The van der Waals surface area contributed by atoms with E-state index in [9.17, 15) is 0 Å². The molecule has 96 valence electrons. The van der Waals surface area contributed by atoms with Gasteiger partial charge in [0.25, 0.3) is 0 Å². The van der Waals surface area contributed by atoms with E-state index < -0.39 is 0 Å². The Bertz CT molecular complexity index is 487. The third-order valence-corrected chi connectivity index (χ3v) is 3.26. The van der Waals surface area contributed by atoms with Crippen molar-refractivity contribution in [3.63, 3.8) is 0 Å². The normalized spacial score (nSPS) is 12.4. The van der Waals surface area contributed by atoms with E-state index >= 15 is 0 Å². The first-order chi connectivity index (χ1) is 8.70. The number of benzene rings is 1. The smallest absolute Gasteiger partial charge is 0.118 e. The maximum Gasteiger partial charge on any atom is 0.118 e. The van der Waals surface area contributed by atoms with E-state index in [2.05, 4.69) is 54.3 Å². The fraction of sp³-hybridized carbons (Fsp3) is 0.333. The van der Waals surface area contributed by atoms with E-state index in [0.717, 1.165) is 12.3 Å². The molecule has 1 aromatic heterocycles. The van der Waals surface area contributed by atoms with Crippen LogP contribution in [0.3, 0.4) is 0 Å². The molecule has 1 aromatic carbocycles. The number of hydrogen-bond donors (Lipinski definition) is 1. The minimum atomic E-state index is 0.325. The summed E-state index contributed by atoms with van der Waals surface area (Å²) in [6, 6.07) is 12.7. The van der Waals surface area contributed by atoms with Crippen molar-refractivity contribution in [3.05, 3.63) is 53.9 Å². The molecule has 0 spiro atoms. The van der Waals surface area contributed by atoms with Gasteiger partial charge in [0.2, 0.25) is 0 Å². The summed E-state index contributed by atoms with van der Waals surface area (Å²) in [4.78, 5) is 0. The van der Waals surface area contributed by atoms with Crippen LogP contribution in [0.4, 0.5) is 0 Å². The highest BCUT2D eigenvalue weighted by Crippen LogP contribution is 2.17. The zero-order chi connectivity index (χ0) is 13.0. The molecule has 1 N–H and O–H groups in total. The Kier molecular flexibility index (Phi) is 4.05. The van der Waals surface area contributed by atoms with E-state index in [0.29, 0.717) is 6.04 Å². The Hall–Kier alpha value is -1.74. The van der Waals surface area contributed by atoms with Crippen LogP contribution in [0.1, 0.15) is 24.2 Å². The molecule has 1 heterocycles. The summed E-state index contributed by atoms with van der Waals surface area (Å²) < 4.78 is 7.29. The van der Waals surface area contributed by atoms with Crippen LogP contribution >= 0.6 is 0 Å². The Balaban J connectivity index is 1.94. The van der Waals surface area contributed by atoms with E-state index in [1.807, 2.05) is 12.1 Å². The predicted octanol–water partition coefficient (Wildman–Crippen LogP) is 2.88. The van der Waals surface area contributed by atoms with Crippen molar-refractivity contribution < 1.29 is 4.74 Å². The van der Waals surface area contributed by atoms with E-state index in [1.54, 1.807) is 7.11 Å². The molecule has 0 aliphatic heterocycles. The largest absolute Gasteiger partial charge is 0.497 e. The third-order valence-electron chi connectivity index (χ3n) is 3.26. The summed E-state index contributed by atoms with van der Waals surface area (Å²) in [6.07, 6.45) is 2.06. The van der Waals surface area contributed by atoms with Crippen LogP contribution in [0.5, 0.6) is 5.75 Å². The van der Waals surface area contributed by atoms with Crippen molar-refractivity contribution in [2.45, 2.75) is 19.5 Å². The van der Waals surface area contributed by atoms with Gasteiger partial charge in [0.15, 0.2) is 0 Å². The van der Waals surface area contributed by atoms with Gasteiger partial charge < -0.3 is 14.6 Å². The minimum Gasteiger partial charge on any atom is -0.497 e. The Morgan fingerprint density at radius 3 is 2.50 bits per heavy atom. The highest BCUT2D eigenvalue weighted by Gasteiger charge is 2.05. The van der Waals surface area contributed by atoms with Gasteiger partial charge in [-0.1, -0.05) is 12.1 Å². The molecule has 1 unspecified atom stereocenters. The summed E-state index contributed by atoms with van der Waals surface area (Å²) >= 11 is 0. The van der Waals surface area contributed by atoms with Gasteiger partial charge in [0, 0.05) is 31.5 Å². The second kappa shape index (κ2) is 5.74. The molecule has 0 saturated carbocycles. The van der Waals surface area contributed by atoms with Crippen molar-refractivity contribution in [2.24, 2.45) is 7.05 Å². The summed E-state index contributed by atoms with van der Waals surface area (Å²) in [5, 5.41) is 3.52. The lowest BCUT2D eigenvalue weighted by atomic mass is 10.1. The molecule has 0 saturated heterocycles. The van der Waals surface area contributed by atoms with Crippen molar-refractivity contribution in [1.29, 1.82) is 0 Å². The summed E-state index contributed by atoms with van der Waals surface area (Å²) in [5.74, 6) is 0.897. The van der Waals surface area contributed by atoms with E-state index in [-0.39, 0.29) is 0 Å². The van der Waals surface area contributed by atoms with Crippen LogP contribution in [-0.4, -0.2) is 11.7 Å². The second-order valence-electron chi connectivity index (χ2n) is 4.49. The molecule has 18 heavy (non-hydrogen) atoms. The molecule has 3 heteroatoms. The predicted molar refractivity (Wildman–Crippen MR) is 73.7 cm³/mol. The number of nitrogens with zero attached hydrogens (tertiary/aromatic N) is 1. The lowest BCUT2D eigenvalue weighted by molar-refractivity contribution is 0.414. The average Bonchev–Trinajstić information content (AvgIpc) is 2.81. The van der Waals surface area contributed by atoms with Crippen LogP contribution < -0.4 is 10.1 Å². The van der Waals surface area contributed by atoms with Crippen LogP contribution in [-0.2, 0) is 13.6 Å². The first kappa shape index (κ1) is 12.7. The number of ether oxygens (including phenoxy) is 1. The van der Waals surface area contributed by atoms with Gasteiger partial charge in [-0.2, -0.15) is 0 Å². The van der Waals surface area contributed by atoms with Crippen molar-refractivity contribution in [2.75, 3.05) is 7.11 Å². The van der Waals surface area contributed by atoms with Gasteiger partial charge >= 0.3 is 0 Å². The first-order valence-electron chi connectivity index (χ1n) is 6.18. The zero-order valence-corrected chi connectivity index (χ0v) is 11.2. The van der Waals surface area contributed by atoms with Crippen LogP contribution in [0.25, 0.3) is 0 Å². The first-order valence-corrected chi connectivity index (χ1v) is 6.18. The molecule has 0 fully saturated rings. The molecule has 3 nitrogen and oxygen atoms in total. The molecule has 2 rings (SSSR count). The maximum atomic E-state index is 5.16. The quantitative estimate of drug-likeness (QED) is 0.875. The maximum absolute atomic E-state index is 5.16. The van der Waals surface area contributed by atoms with E-state index in [1.165, 1.54) is 11.3 Å². The molecular formula is C15H20N2O. The lowest BCUT2D eigenvalue weighted by Gasteiger charge is -2.15. The van der Waals surface area contributed by atoms with Gasteiger partial charge in [0.1, 0.15) is 5.75 Å². The standard InChI is InChI=1S/C15H20N2O/c1-12(13-6-8-15(18-3)9-7-13)16-11-14-5-4-10-17(14)2/h4-10,12,16H,11H2,1-3H3. The summed E-state index contributed by atoms with van der Waals surface area (Å²) in [5.41, 5.74) is 2.56. The van der Waals surface area contributed by atoms with Gasteiger partial charge in [-0.3, -0.25) is 0 Å². The van der Waals surface area contributed by atoms with E-state index in [4.69, 9.17) is 4.74 Å². The topological polar surface area (TPSA) is 26.2 Å². The number of methoxy groups -OCH3 is 1. The monoisotopic (exact) mass is 244 g/mol.